The molecule has 2 aliphatic rings. The van der Waals surface area contributed by atoms with E-state index in [2.05, 4.69) is 31.5 Å². The summed E-state index contributed by atoms with van der Waals surface area (Å²) in [5.41, 5.74) is 5.03. The topological polar surface area (TPSA) is 32.3 Å². The Kier molecular flexibility index (Phi) is 2.70. The molecule has 1 amide bonds. The number of aryl methyl sites for hydroxylation is 1. The van der Waals surface area contributed by atoms with Gasteiger partial charge in [0.25, 0.3) is 5.91 Å². The Morgan fingerprint density at radius 3 is 2.89 bits per heavy atom. The maximum Gasteiger partial charge on any atom is 0.255 e. The van der Waals surface area contributed by atoms with E-state index in [4.69, 9.17) is 0 Å². The highest BCUT2D eigenvalue weighted by molar-refractivity contribution is 5.98. The van der Waals surface area contributed by atoms with Crippen molar-refractivity contribution in [3.63, 3.8) is 0 Å². The molecule has 19 heavy (non-hydrogen) atoms. The quantitative estimate of drug-likeness (QED) is 0.835. The predicted molar refractivity (Wildman–Crippen MR) is 75.5 cm³/mol. The number of hydrogen-bond acceptors (Lipinski definition) is 2. The van der Waals surface area contributed by atoms with Crippen LogP contribution in [0.3, 0.4) is 0 Å². The largest absolute Gasteiger partial charge is 0.362 e. The molecule has 2 aliphatic heterocycles. The lowest BCUT2D eigenvalue weighted by Crippen LogP contribution is -2.43. The third-order valence-electron chi connectivity index (χ3n) is 3.93. The van der Waals surface area contributed by atoms with Gasteiger partial charge in [-0.1, -0.05) is 30.9 Å². The second-order valence-corrected chi connectivity index (χ2v) is 5.40. The van der Waals surface area contributed by atoms with Crippen LogP contribution in [-0.2, 0) is 6.54 Å². The van der Waals surface area contributed by atoms with Gasteiger partial charge in [0.05, 0.1) is 6.04 Å². The van der Waals surface area contributed by atoms with Crippen molar-refractivity contribution < 1.29 is 4.79 Å². The van der Waals surface area contributed by atoms with Gasteiger partial charge in [-0.15, -0.1) is 0 Å². The van der Waals surface area contributed by atoms with Gasteiger partial charge in [-0.3, -0.25) is 4.79 Å². The molecule has 1 aromatic rings. The maximum absolute atomic E-state index is 12.5. The van der Waals surface area contributed by atoms with Crippen molar-refractivity contribution in [1.29, 1.82) is 0 Å². The molecule has 0 aliphatic carbocycles. The minimum absolute atomic E-state index is 0.0747. The molecule has 1 fully saturated rings. The molecule has 1 aromatic carbocycles. The third kappa shape index (κ3) is 1.95. The van der Waals surface area contributed by atoms with Gasteiger partial charge in [0.2, 0.25) is 0 Å². The van der Waals surface area contributed by atoms with Crippen LogP contribution in [0.25, 0.3) is 0 Å². The summed E-state index contributed by atoms with van der Waals surface area (Å²) in [4.78, 5) is 14.4. The summed E-state index contributed by atoms with van der Waals surface area (Å²) in [5, 5.41) is 3.18. The number of carbonyl (C=O) groups excluding carboxylic acids is 1. The highest BCUT2D eigenvalue weighted by Gasteiger charge is 2.35. The second kappa shape index (κ2) is 4.26. The van der Waals surface area contributed by atoms with E-state index in [-0.39, 0.29) is 11.9 Å². The molecule has 0 radical (unpaired) electrons. The Labute approximate surface area is 113 Å². The number of amides is 1. The first-order valence-corrected chi connectivity index (χ1v) is 6.60. The van der Waals surface area contributed by atoms with Crippen molar-refractivity contribution >= 4 is 5.91 Å². The molecule has 0 saturated carbocycles. The van der Waals surface area contributed by atoms with Crippen molar-refractivity contribution in [2.75, 3.05) is 0 Å². The van der Waals surface area contributed by atoms with Crippen molar-refractivity contribution in [2.24, 2.45) is 0 Å². The van der Waals surface area contributed by atoms with E-state index in [1.807, 2.05) is 17.0 Å². The lowest BCUT2D eigenvalue weighted by Gasteiger charge is -2.34. The van der Waals surface area contributed by atoms with Crippen molar-refractivity contribution in [3.8, 4) is 0 Å². The number of rotatable bonds is 1. The summed E-state index contributed by atoms with van der Waals surface area (Å²) in [5.74, 6) is 0.121. The summed E-state index contributed by atoms with van der Waals surface area (Å²) in [6, 6.07) is 6.11. The molecule has 1 N–H and O–H groups in total. The van der Waals surface area contributed by atoms with Gasteiger partial charge in [0, 0.05) is 23.5 Å². The summed E-state index contributed by atoms with van der Waals surface area (Å²) < 4.78 is 0. The minimum Gasteiger partial charge on any atom is -0.362 e. The molecule has 3 heteroatoms. The van der Waals surface area contributed by atoms with Crippen LogP contribution in [0.2, 0.25) is 0 Å². The zero-order valence-electron chi connectivity index (χ0n) is 11.2. The number of carbonyl (C=O) groups is 1. The molecule has 1 atom stereocenters. The fourth-order valence-corrected chi connectivity index (χ4v) is 2.93. The molecule has 0 spiro atoms. The fourth-order valence-electron chi connectivity index (χ4n) is 2.93. The first-order chi connectivity index (χ1) is 9.06. The number of nitrogens with zero attached hydrogens (tertiary/aromatic N) is 1. The highest BCUT2D eigenvalue weighted by Crippen LogP contribution is 2.31. The van der Waals surface area contributed by atoms with Crippen LogP contribution < -0.4 is 5.32 Å². The maximum atomic E-state index is 12.5. The van der Waals surface area contributed by atoms with Crippen molar-refractivity contribution in [1.82, 2.24) is 10.2 Å². The Morgan fingerprint density at radius 1 is 1.37 bits per heavy atom. The smallest absolute Gasteiger partial charge is 0.255 e. The van der Waals surface area contributed by atoms with Gasteiger partial charge < -0.3 is 10.2 Å². The van der Waals surface area contributed by atoms with E-state index < -0.39 is 0 Å². The van der Waals surface area contributed by atoms with Crippen LogP contribution in [0.1, 0.15) is 34.3 Å². The number of hydrogen-bond donors (Lipinski definition) is 1. The first-order valence-electron chi connectivity index (χ1n) is 6.60. The van der Waals surface area contributed by atoms with Gasteiger partial charge in [0.1, 0.15) is 0 Å². The molecule has 1 saturated heterocycles. The molecule has 0 bridgehead atoms. The van der Waals surface area contributed by atoms with E-state index in [0.717, 1.165) is 35.4 Å². The fraction of sp³-hybridized carbons (Fsp3) is 0.312. The Hall–Kier alpha value is -2.03. The monoisotopic (exact) mass is 254 g/mol. The lowest BCUT2D eigenvalue weighted by atomic mass is 10.0. The first kappa shape index (κ1) is 12.0. The third-order valence-corrected chi connectivity index (χ3v) is 3.93. The molecule has 3 rings (SSSR count). The summed E-state index contributed by atoms with van der Waals surface area (Å²) in [6.45, 7) is 10.7. The number of nitrogens with one attached hydrogen (secondary N) is 1. The van der Waals surface area contributed by atoms with Gasteiger partial charge in [0.15, 0.2) is 0 Å². The van der Waals surface area contributed by atoms with Gasteiger partial charge in [-0.05, 0) is 31.4 Å². The lowest BCUT2D eigenvalue weighted by molar-refractivity contribution is 0.0711. The predicted octanol–water partition coefficient (Wildman–Crippen LogP) is 2.73. The SMILES string of the molecule is C=C1CCC(N2Cc3cc(C)ccc3C2=O)C(=C)N1. The average molecular weight is 254 g/mol. The molecular formula is C16H18N2O. The van der Waals surface area contributed by atoms with Gasteiger partial charge in [-0.25, -0.2) is 0 Å². The van der Waals surface area contributed by atoms with Crippen LogP contribution in [-0.4, -0.2) is 16.8 Å². The molecule has 2 heterocycles. The number of fused-ring (bicyclic) bond motifs is 1. The number of allylic oxidation sites excluding steroid dienone is 1. The number of piperidine rings is 1. The van der Waals surface area contributed by atoms with Crippen molar-refractivity contribution in [2.45, 2.75) is 32.4 Å². The van der Waals surface area contributed by atoms with Gasteiger partial charge in [-0.2, -0.15) is 0 Å². The van der Waals surface area contributed by atoms with Crippen LogP contribution in [0.5, 0.6) is 0 Å². The average Bonchev–Trinajstić information content (AvgIpc) is 2.66. The normalized spacial score (nSPS) is 22.5. The Balaban J connectivity index is 1.87. The van der Waals surface area contributed by atoms with Crippen LogP contribution >= 0.6 is 0 Å². The molecular weight excluding hydrogens is 236 g/mol. The molecule has 3 nitrogen and oxygen atoms in total. The summed E-state index contributed by atoms with van der Waals surface area (Å²) in [7, 11) is 0. The summed E-state index contributed by atoms with van der Waals surface area (Å²) >= 11 is 0. The Morgan fingerprint density at radius 2 is 2.16 bits per heavy atom. The van der Waals surface area contributed by atoms with Crippen molar-refractivity contribution in [3.05, 3.63) is 59.4 Å². The van der Waals surface area contributed by atoms with E-state index >= 15 is 0 Å². The second-order valence-electron chi connectivity index (χ2n) is 5.40. The summed E-state index contributed by atoms with van der Waals surface area (Å²) in [6.07, 6.45) is 1.80. The highest BCUT2D eigenvalue weighted by atomic mass is 16.2. The molecule has 0 aromatic heterocycles. The zero-order chi connectivity index (χ0) is 13.6. The van der Waals surface area contributed by atoms with Crippen LogP contribution in [0, 0.1) is 6.92 Å². The zero-order valence-corrected chi connectivity index (χ0v) is 11.2. The van der Waals surface area contributed by atoms with E-state index in [1.54, 1.807) is 0 Å². The van der Waals surface area contributed by atoms with E-state index in [0.29, 0.717) is 6.54 Å². The molecule has 98 valence electrons. The van der Waals surface area contributed by atoms with Crippen LogP contribution in [0.15, 0.2) is 42.8 Å². The minimum atomic E-state index is 0.0747. The van der Waals surface area contributed by atoms with Crippen LogP contribution in [0.4, 0.5) is 0 Å². The molecule has 1 unspecified atom stereocenters. The Bertz CT molecular complexity index is 588. The van der Waals surface area contributed by atoms with Gasteiger partial charge >= 0.3 is 0 Å². The van der Waals surface area contributed by atoms with E-state index in [1.165, 1.54) is 5.56 Å². The standard InChI is InChI=1S/C16H18N2O/c1-10-4-6-14-13(8-10)9-18(16(14)19)15-7-5-11(2)17-12(15)3/h4,6,8,15,17H,2-3,5,7,9H2,1H3. The van der Waals surface area contributed by atoms with E-state index in [9.17, 15) is 4.79 Å². The number of benzene rings is 1.